The van der Waals surface area contributed by atoms with Gasteiger partial charge in [0.15, 0.2) is 46.5 Å². The second kappa shape index (κ2) is 13.4. The summed E-state index contributed by atoms with van der Waals surface area (Å²) >= 11 is 0. The zero-order chi connectivity index (χ0) is 33.0. The van der Waals surface area contributed by atoms with E-state index in [9.17, 15) is 49.5 Å². The van der Waals surface area contributed by atoms with E-state index in [4.69, 9.17) is 4.74 Å². The molecule has 0 atom stereocenters. The molecule has 44 heavy (non-hydrogen) atoms. The minimum Gasteiger partial charge on any atom is -0.457 e. The lowest BCUT2D eigenvalue weighted by atomic mass is 10.00. The van der Waals surface area contributed by atoms with Gasteiger partial charge in [-0.3, -0.25) is 9.59 Å². The van der Waals surface area contributed by atoms with Gasteiger partial charge in [0.05, 0.1) is 11.1 Å². The van der Waals surface area contributed by atoms with E-state index in [2.05, 4.69) is 13.2 Å². The van der Waals surface area contributed by atoms with Crippen LogP contribution in [0.1, 0.15) is 25.0 Å². The first-order valence-corrected chi connectivity index (χ1v) is 12.2. The fourth-order valence-electron chi connectivity index (χ4n) is 3.54. The van der Waals surface area contributed by atoms with Crippen LogP contribution in [0.15, 0.2) is 54.6 Å². The van der Waals surface area contributed by atoms with Crippen LogP contribution in [0, 0.1) is 46.5 Å². The highest BCUT2D eigenvalue weighted by Crippen LogP contribution is 2.40. The van der Waals surface area contributed by atoms with E-state index in [1.807, 2.05) is 0 Å². The zero-order valence-electron chi connectivity index (χ0n) is 22.7. The highest BCUT2D eigenvalue weighted by atomic mass is 19.2. The van der Waals surface area contributed by atoms with Crippen LogP contribution < -0.4 is 10.6 Å². The Morgan fingerprint density at radius 1 is 0.727 bits per heavy atom. The molecule has 0 saturated heterocycles. The van der Waals surface area contributed by atoms with Gasteiger partial charge in [-0.2, -0.15) is 0 Å². The monoisotopic (exact) mass is 624 g/mol. The Kier molecular flexibility index (Phi) is 10.1. The Morgan fingerprint density at radius 3 is 1.66 bits per heavy atom. The van der Waals surface area contributed by atoms with Crippen molar-refractivity contribution in [3.63, 3.8) is 0 Å². The molecule has 0 saturated carbocycles. The molecule has 0 heterocycles. The first-order chi connectivity index (χ1) is 20.6. The third-order valence-electron chi connectivity index (χ3n) is 5.75. The summed E-state index contributed by atoms with van der Waals surface area (Å²) in [4.78, 5) is 35.5. The molecule has 14 heteroatoms. The summed E-state index contributed by atoms with van der Waals surface area (Å²) in [6, 6.07) is 6.06. The second-order valence-corrected chi connectivity index (χ2v) is 9.17. The largest absolute Gasteiger partial charge is 0.457 e. The minimum absolute atomic E-state index is 0.151. The van der Waals surface area contributed by atoms with Gasteiger partial charge in [-0.25, -0.2) is 39.9 Å². The molecule has 0 unspecified atom stereocenters. The van der Waals surface area contributed by atoms with Crippen LogP contribution in [0.5, 0.6) is 0 Å². The third-order valence-corrected chi connectivity index (χ3v) is 5.75. The zero-order valence-corrected chi connectivity index (χ0v) is 22.7. The Bertz CT molecular complexity index is 1710. The lowest BCUT2D eigenvalue weighted by Gasteiger charge is -2.16. The molecular formula is C30H20F8N2O4. The number of esters is 1. The van der Waals surface area contributed by atoms with Crippen LogP contribution in [0.2, 0.25) is 0 Å². The van der Waals surface area contributed by atoms with Gasteiger partial charge in [0.1, 0.15) is 18.0 Å². The van der Waals surface area contributed by atoms with Crippen LogP contribution in [0.25, 0.3) is 17.2 Å². The Labute approximate surface area is 244 Å². The number of halogens is 8. The number of hydrogen-bond acceptors (Lipinski definition) is 4. The van der Waals surface area contributed by atoms with E-state index < -0.39 is 86.8 Å². The van der Waals surface area contributed by atoms with Crippen molar-refractivity contribution in [3.05, 3.63) is 112 Å². The Hall–Kier alpha value is -5.27. The highest BCUT2D eigenvalue weighted by Gasteiger charge is 2.35. The number of ether oxygens (including phenoxy) is 1. The smallest absolute Gasteiger partial charge is 0.333 e. The van der Waals surface area contributed by atoms with Gasteiger partial charge < -0.3 is 15.4 Å². The molecule has 0 aromatic heterocycles. The van der Waals surface area contributed by atoms with Crippen LogP contribution in [-0.4, -0.2) is 17.8 Å². The summed E-state index contributed by atoms with van der Waals surface area (Å²) in [6.45, 7) is 8.97. The van der Waals surface area contributed by atoms with Crippen LogP contribution in [0.4, 0.5) is 46.5 Å². The van der Waals surface area contributed by atoms with Gasteiger partial charge >= 0.3 is 5.97 Å². The fourth-order valence-corrected chi connectivity index (χ4v) is 3.54. The average molecular weight is 624 g/mol. The fraction of sp³-hybridized carbons (Fsp3) is 0.100. The van der Waals surface area contributed by atoms with Gasteiger partial charge in [0, 0.05) is 17.2 Å². The van der Waals surface area contributed by atoms with Crippen molar-refractivity contribution in [2.75, 3.05) is 10.6 Å². The van der Waals surface area contributed by atoms with Crippen LogP contribution in [0.3, 0.4) is 0 Å². The molecule has 2 amide bonds. The summed E-state index contributed by atoms with van der Waals surface area (Å²) in [5, 5.41) is 3.02. The Morgan fingerprint density at radius 2 is 1.20 bits per heavy atom. The van der Waals surface area contributed by atoms with Gasteiger partial charge in [0.2, 0.25) is 5.91 Å². The van der Waals surface area contributed by atoms with E-state index >= 15 is 0 Å². The molecule has 0 fully saturated rings. The van der Waals surface area contributed by atoms with Gasteiger partial charge in [-0.05, 0) is 37.1 Å². The highest BCUT2D eigenvalue weighted by molar-refractivity contribution is 6.03. The minimum atomic E-state index is -2.50. The molecule has 0 aliphatic rings. The molecule has 6 nitrogen and oxygen atoms in total. The van der Waals surface area contributed by atoms with Gasteiger partial charge in [-0.1, -0.05) is 31.4 Å². The van der Waals surface area contributed by atoms with Crippen LogP contribution >= 0.6 is 0 Å². The quantitative estimate of drug-likeness (QED) is 0.114. The maximum Gasteiger partial charge on any atom is 0.333 e. The molecule has 3 aromatic carbocycles. The molecule has 0 radical (unpaired) electrons. The van der Waals surface area contributed by atoms with Gasteiger partial charge in [-0.15, -0.1) is 0 Å². The number of anilines is 2. The molecule has 230 valence electrons. The number of rotatable bonds is 9. The number of carbonyl (C=O) groups is 3. The van der Waals surface area contributed by atoms with E-state index in [1.54, 1.807) is 11.4 Å². The van der Waals surface area contributed by atoms with E-state index in [0.29, 0.717) is 17.2 Å². The first kappa shape index (κ1) is 33.2. The number of hydrogen-bond donors (Lipinski definition) is 2. The average Bonchev–Trinajstić information content (AvgIpc) is 2.98. The predicted octanol–water partition coefficient (Wildman–Crippen LogP) is 7.25. The summed E-state index contributed by atoms with van der Waals surface area (Å²) in [7, 11) is 0. The van der Waals surface area contributed by atoms with Crippen molar-refractivity contribution in [3.8, 4) is 11.1 Å². The number of nitrogens with one attached hydrogen (secondary N) is 2. The maximum absolute atomic E-state index is 14.9. The van der Waals surface area contributed by atoms with E-state index in [1.165, 1.54) is 30.4 Å². The summed E-state index contributed by atoms with van der Waals surface area (Å²) in [6.07, 6.45) is 1.84. The maximum atomic E-state index is 14.9. The lowest BCUT2D eigenvalue weighted by molar-refractivity contribution is -0.140. The molecule has 3 aromatic rings. The molecule has 0 aliphatic carbocycles. The first-order valence-electron chi connectivity index (χ1n) is 12.2. The topological polar surface area (TPSA) is 84.5 Å². The Balaban J connectivity index is 1.94. The lowest BCUT2D eigenvalue weighted by Crippen LogP contribution is -2.18. The molecule has 0 aliphatic heterocycles. The van der Waals surface area contributed by atoms with Crippen molar-refractivity contribution in [1.82, 2.24) is 0 Å². The third kappa shape index (κ3) is 6.85. The molecular weight excluding hydrogens is 604 g/mol. The predicted molar refractivity (Wildman–Crippen MR) is 144 cm³/mol. The summed E-state index contributed by atoms with van der Waals surface area (Å²) in [5.74, 6) is -22.6. The summed E-state index contributed by atoms with van der Waals surface area (Å²) in [5.41, 5.74) is -7.09. The second-order valence-electron chi connectivity index (χ2n) is 9.17. The normalized spacial score (nSPS) is 11.0. The molecule has 2 N–H and O–H groups in total. The molecule has 0 spiro atoms. The van der Waals surface area contributed by atoms with Crippen LogP contribution in [-0.2, 0) is 25.7 Å². The number of benzene rings is 3. The number of amides is 2. The van der Waals surface area contributed by atoms with Crippen molar-refractivity contribution in [2.45, 2.75) is 20.5 Å². The SMILES string of the molecule is C=C(C)C(=O)Nc1c(F)c(F)c(-c2c(F)c(F)c(NC(=O)/C=C/c3cccc(COC(=O)C(=C)C)c3)c(F)c2F)c(F)c1F. The standard InChI is InChI=1S/C30H20F8N2O4/c1-12(2)29(42)40-28-25(37)21(33)18(22(34)26(28)38)17-19(31)23(35)27(24(36)20(17)32)39-16(41)9-8-14-6-5-7-15(10-14)11-44-30(43)13(3)4/h5-10H,1,3,11H2,2,4H3,(H,39,41)(H,40,42)/b9-8+. The summed E-state index contributed by atoms with van der Waals surface area (Å²) < 4.78 is 123. The molecule has 3 rings (SSSR count). The van der Waals surface area contributed by atoms with E-state index in [-0.39, 0.29) is 17.8 Å². The van der Waals surface area contributed by atoms with Crippen molar-refractivity contribution in [2.24, 2.45) is 0 Å². The van der Waals surface area contributed by atoms with E-state index in [0.717, 1.165) is 13.0 Å². The van der Waals surface area contributed by atoms with Crippen molar-refractivity contribution in [1.29, 1.82) is 0 Å². The van der Waals surface area contributed by atoms with Crippen molar-refractivity contribution < 1.29 is 54.2 Å². The molecule has 0 bridgehead atoms. The van der Waals surface area contributed by atoms with Gasteiger partial charge in [0.25, 0.3) is 5.91 Å². The number of carbonyl (C=O) groups excluding carboxylic acids is 3. The van der Waals surface area contributed by atoms with Crippen molar-refractivity contribution >= 4 is 35.2 Å².